The van der Waals surface area contributed by atoms with Gasteiger partial charge in [-0.1, -0.05) is 31.2 Å². The van der Waals surface area contributed by atoms with E-state index in [1.165, 1.54) is 11.1 Å². The minimum atomic E-state index is -0.300. The number of carbonyl (C=O) groups excluding carboxylic acids is 1. The molecule has 3 nitrogen and oxygen atoms in total. The Balaban J connectivity index is 1.79. The van der Waals surface area contributed by atoms with Gasteiger partial charge in [0.1, 0.15) is 0 Å². The number of hydrogen-bond acceptors (Lipinski definition) is 2. The average Bonchev–Trinajstić information content (AvgIpc) is 2.82. The molecular weight excluding hydrogens is 226 g/mol. The number of rotatable bonds is 5. The summed E-state index contributed by atoms with van der Waals surface area (Å²) in [5.41, 5.74) is 2.59. The van der Waals surface area contributed by atoms with Crippen molar-refractivity contribution >= 4 is 5.91 Å². The molecule has 0 saturated carbocycles. The molecule has 1 unspecified atom stereocenters. The number of aliphatic hydroxyl groups is 1. The van der Waals surface area contributed by atoms with E-state index in [4.69, 9.17) is 0 Å². The molecule has 0 radical (unpaired) electrons. The second kappa shape index (κ2) is 6.01. The Bertz CT molecular complexity index is 392. The monoisotopic (exact) mass is 247 g/mol. The van der Waals surface area contributed by atoms with Crippen LogP contribution >= 0.6 is 0 Å². The summed E-state index contributed by atoms with van der Waals surface area (Å²) in [5.74, 6) is 0.190. The molecule has 0 fully saturated rings. The Morgan fingerprint density at radius 2 is 2.00 bits per heavy atom. The van der Waals surface area contributed by atoms with Crippen molar-refractivity contribution in [1.82, 2.24) is 5.32 Å². The van der Waals surface area contributed by atoms with Gasteiger partial charge in [-0.3, -0.25) is 4.79 Å². The quantitative estimate of drug-likeness (QED) is 0.831. The fraction of sp³-hybridized carbons (Fsp3) is 0.533. The molecule has 1 aromatic carbocycles. The average molecular weight is 247 g/mol. The number of aliphatic hydroxyl groups excluding tert-OH is 1. The molecule has 98 valence electrons. The number of fused-ring (bicyclic) bond motifs is 1. The minimum Gasteiger partial charge on any atom is -0.393 e. The van der Waals surface area contributed by atoms with E-state index in [9.17, 15) is 9.90 Å². The van der Waals surface area contributed by atoms with Crippen LogP contribution in [0.4, 0.5) is 0 Å². The van der Waals surface area contributed by atoms with Gasteiger partial charge in [0.2, 0.25) is 5.91 Å². The SMILES string of the molecule is CCC(O)CCNC(=O)C1Cc2ccccc2C1. The van der Waals surface area contributed by atoms with E-state index in [-0.39, 0.29) is 17.9 Å². The Morgan fingerprint density at radius 1 is 1.39 bits per heavy atom. The Morgan fingerprint density at radius 3 is 2.56 bits per heavy atom. The van der Waals surface area contributed by atoms with Gasteiger partial charge in [0, 0.05) is 12.5 Å². The summed E-state index contributed by atoms with van der Waals surface area (Å²) in [7, 11) is 0. The van der Waals surface area contributed by atoms with E-state index >= 15 is 0 Å². The third kappa shape index (κ3) is 3.10. The fourth-order valence-electron chi connectivity index (χ4n) is 2.45. The fourth-order valence-corrected chi connectivity index (χ4v) is 2.45. The molecular formula is C15H21NO2. The van der Waals surface area contributed by atoms with E-state index in [2.05, 4.69) is 17.4 Å². The molecule has 2 rings (SSSR count). The molecule has 1 aromatic rings. The van der Waals surface area contributed by atoms with Gasteiger partial charge in [0.25, 0.3) is 0 Å². The summed E-state index contributed by atoms with van der Waals surface area (Å²) in [6.45, 7) is 2.51. The first-order valence-corrected chi connectivity index (χ1v) is 6.73. The Kier molecular flexibility index (Phi) is 4.37. The maximum atomic E-state index is 12.0. The van der Waals surface area contributed by atoms with Crippen molar-refractivity contribution in [3.05, 3.63) is 35.4 Å². The third-order valence-corrected chi connectivity index (χ3v) is 3.67. The van der Waals surface area contributed by atoms with Crippen molar-refractivity contribution in [2.24, 2.45) is 5.92 Å². The molecule has 0 bridgehead atoms. The van der Waals surface area contributed by atoms with Gasteiger partial charge in [0.05, 0.1) is 6.10 Å². The lowest BCUT2D eigenvalue weighted by atomic mass is 10.1. The summed E-state index contributed by atoms with van der Waals surface area (Å²) in [5, 5.41) is 12.4. The highest BCUT2D eigenvalue weighted by molar-refractivity contribution is 5.80. The lowest BCUT2D eigenvalue weighted by Gasteiger charge is -2.12. The van der Waals surface area contributed by atoms with E-state index < -0.39 is 0 Å². The van der Waals surface area contributed by atoms with Gasteiger partial charge < -0.3 is 10.4 Å². The standard InChI is InChI=1S/C15H21NO2/c1-2-14(17)7-8-16-15(18)13-9-11-5-3-4-6-12(11)10-13/h3-6,13-14,17H,2,7-10H2,1H3,(H,16,18). The summed E-state index contributed by atoms with van der Waals surface area (Å²) >= 11 is 0. The van der Waals surface area contributed by atoms with Crippen molar-refractivity contribution in [3.63, 3.8) is 0 Å². The van der Waals surface area contributed by atoms with Gasteiger partial charge in [-0.05, 0) is 36.8 Å². The molecule has 1 atom stereocenters. The third-order valence-electron chi connectivity index (χ3n) is 3.67. The van der Waals surface area contributed by atoms with Gasteiger partial charge in [-0.15, -0.1) is 0 Å². The predicted molar refractivity (Wildman–Crippen MR) is 71.3 cm³/mol. The van der Waals surface area contributed by atoms with Crippen LogP contribution in [0.1, 0.15) is 30.9 Å². The first-order valence-electron chi connectivity index (χ1n) is 6.73. The largest absolute Gasteiger partial charge is 0.393 e. The number of amides is 1. The van der Waals surface area contributed by atoms with Crippen LogP contribution in [0.3, 0.4) is 0 Å². The van der Waals surface area contributed by atoms with Crippen LogP contribution < -0.4 is 5.32 Å². The second-order valence-corrected chi connectivity index (χ2v) is 5.02. The second-order valence-electron chi connectivity index (χ2n) is 5.02. The first-order chi connectivity index (χ1) is 8.70. The molecule has 1 aliphatic carbocycles. The number of carbonyl (C=O) groups is 1. The molecule has 0 aliphatic heterocycles. The minimum absolute atomic E-state index is 0.0705. The summed E-state index contributed by atoms with van der Waals surface area (Å²) in [6.07, 6.45) is 2.77. The van der Waals surface area contributed by atoms with Crippen LogP contribution in [0, 0.1) is 5.92 Å². The molecule has 0 heterocycles. The molecule has 3 heteroatoms. The smallest absolute Gasteiger partial charge is 0.223 e. The van der Waals surface area contributed by atoms with Crippen LogP contribution in [0.5, 0.6) is 0 Å². The highest BCUT2D eigenvalue weighted by atomic mass is 16.3. The Labute approximate surface area is 108 Å². The van der Waals surface area contributed by atoms with Gasteiger partial charge in [0.15, 0.2) is 0 Å². The van der Waals surface area contributed by atoms with Crippen LogP contribution in [-0.4, -0.2) is 23.7 Å². The normalized spacial score (nSPS) is 16.3. The van der Waals surface area contributed by atoms with Crippen LogP contribution in [-0.2, 0) is 17.6 Å². The maximum Gasteiger partial charge on any atom is 0.223 e. The molecule has 0 spiro atoms. The predicted octanol–water partition coefficient (Wildman–Crippen LogP) is 1.68. The van der Waals surface area contributed by atoms with Crippen molar-refractivity contribution in [2.75, 3.05) is 6.54 Å². The maximum absolute atomic E-state index is 12.0. The van der Waals surface area contributed by atoms with Gasteiger partial charge >= 0.3 is 0 Å². The zero-order valence-electron chi connectivity index (χ0n) is 10.9. The zero-order valence-corrected chi connectivity index (χ0v) is 10.9. The van der Waals surface area contributed by atoms with E-state index in [0.717, 1.165) is 19.3 Å². The van der Waals surface area contributed by atoms with Gasteiger partial charge in [-0.2, -0.15) is 0 Å². The van der Waals surface area contributed by atoms with Crippen molar-refractivity contribution in [1.29, 1.82) is 0 Å². The van der Waals surface area contributed by atoms with E-state index in [0.29, 0.717) is 13.0 Å². The summed E-state index contributed by atoms with van der Waals surface area (Å²) in [6, 6.07) is 8.25. The molecule has 0 aromatic heterocycles. The number of benzene rings is 1. The number of hydrogen-bond donors (Lipinski definition) is 2. The zero-order chi connectivity index (χ0) is 13.0. The highest BCUT2D eigenvalue weighted by Gasteiger charge is 2.26. The van der Waals surface area contributed by atoms with E-state index in [1.54, 1.807) is 0 Å². The van der Waals surface area contributed by atoms with Gasteiger partial charge in [-0.25, -0.2) is 0 Å². The lowest BCUT2D eigenvalue weighted by Crippen LogP contribution is -2.33. The molecule has 1 amide bonds. The summed E-state index contributed by atoms with van der Waals surface area (Å²) < 4.78 is 0. The van der Waals surface area contributed by atoms with Crippen molar-refractivity contribution in [2.45, 2.75) is 38.7 Å². The van der Waals surface area contributed by atoms with Crippen LogP contribution in [0.25, 0.3) is 0 Å². The topological polar surface area (TPSA) is 49.3 Å². The molecule has 0 saturated heterocycles. The Hall–Kier alpha value is -1.35. The van der Waals surface area contributed by atoms with E-state index in [1.807, 2.05) is 19.1 Å². The molecule has 2 N–H and O–H groups in total. The highest BCUT2D eigenvalue weighted by Crippen LogP contribution is 2.26. The molecule has 1 aliphatic rings. The lowest BCUT2D eigenvalue weighted by molar-refractivity contribution is -0.124. The van der Waals surface area contributed by atoms with Crippen LogP contribution in [0.15, 0.2) is 24.3 Å². The van der Waals surface area contributed by atoms with Crippen LogP contribution in [0.2, 0.25) is 0 Å². The first kappa shape index (κ1) is 13.1. The summed E-state index contributed by atoms with van der Waals surface area (Å²) in [4.78, 5) is 12.0. The van der Waals surface area contributed by atoms with Crippen molar-refractivity contribution in [3.8, 4) is 0 Å². The van der Waals surface area contributed by atoms with Crippen molar-refractivity contribution < 1.29 is 9.90 Å². The molecule has 18 heavy (non-hydrogen) atoms. The number of nitrogens with one attached hydrogen (secondary N) is 1.